The lowest BCUT2D eigenvalue weighted by atomic mass is 9.97. The number of aromatic nitrogens is 2. The minimum Gasteiger partial charge on any atom is -0.369 e. The van der Waals surface area contributed by atoms with E-state index in [4.69, 9.17) is 4.74 Å². The van der Waals surface area contributed by atoms with Crippen LogP contribution in [0.4, 0.5) is 5.95 Å². The maximum absolute atomic E-state index is 6.53. The fraction of sp³-hybridized carbons (Fsp3) is 0.360. The quantitative estimate of drug-likeness (QED) is 0.538. The van der Waals surface area contributed by atoms with Crippen molar-refractivity contribution in [1.82, 2.24) is 14.9 Å². The van der Waals surface area contributed by atoms with Gasteiger partial charge >= 0.3 is 0 Å². The molecule has 5 nitrogen and oxygen atoms in total. The number of rotatable bonds is 6. The average Bonchev–Trinajstić information content (AvgIpc) is 3.00. The van der Waals surface area contributed by atoms with E-state index in [1.807, 2.05) is 30.2 Å². The topological polar surface area (TPSA) is 41.5 Å². The van der Waals surface area contributed by atoms with Crippen molar-refractivity contribution >= 4 is 17.7 Å². The summed E-state index contributed by atoms with van der Waals surface area (Å²) in [5.41, 5.74) is 4.00. The molecule has 3 aromatic rings. The summed E-state index contributed by atoms with van der Waals surface area (Å²) in [5, 5.41) is 0. The van der Waals surface area contributed by atoms with Gasteiger partial charge < -0.3 is 9.64 Å². The molecule has 5 rings (SSSR count). The number of benzene rings is 2. The minimum absolute atomic E-state index is 0.0227. The first kappa shape index (κ1) is 20.5. The Balaban J connectivity index is 1.16. The molecule has 0 amide bonds. The van der Waals surface area contributed by atoms with Crippen LogP contribution in [0.5, 0.6) is 0 Å². The summed E-state index contributed by atoms with van der Waals surface area (Å²) in [5.74, 6) is 1.84. The predicted octanol–water partition coefficient (Wildman–Crippen LogP) is 4.40. The molecule has 6 heteroatoms. The largest absolute Gasteiger partial charge is 0.369 e. The molecule has 2 aliphatic rings. The fourth-order valence-electron chi connectivity index (χ4n) is 4.37. The van der Waals surface area contributed by atoms with E-state index >= 15 is 0 Å². The van der Waals surface area contributed by atoms with E-state index in [1.165, 1.54) is 21.6 Å². The minimum atomic E-state index is 0.0227. The Bertz CT molecular complexity index is 944. The van der Waals surface area contributed by atoms with Crippen LogP contribution in [0.2, 0.25) is 0 Å². The van der Waals surface area contributed by atoms with Crippen molar-refractivity contribution < 1.29 is 4.74 Å². The van der Waals surface area contributed by atoms with Crippen LogP contribution in [-0.4, -0.2) is 54.2 Å². The molecule has 0 spiro atoms. The molecule has 2 aromatic carbocycles. The molecular formula is C25H28N4OS. The summed E-state index contributed by atoms with van der Waals surface area (Å²) in [7, 11) is 0. The van der Waals surface area contributed by atoms with Crippen molar-refractivity contribution in [3.8, 4) is 0 Å². The van der Waals surface area contributed by atoms with Gasteiger partial charge in [-0.3, -0.25) is 4.90 Å². The second-order valence-corrected chi connectivity index (χ2v) is 9.02. The van der Waals surface area contributed by atoms with Gasteiger partial charge in [0.1, 0.15) is 6.10 Å². The SMILES string of the molecule is c1cnc(N2CCN(CCCOC3c4ccccc4CSc4ccccc43)CC2)nc1. The van der Waals surface area contributed by atoms with Gasteiger partial charge in [0.2, 0.25) is 5.95 Å². The number of nitrogens with zero attached hydrogens (tertiary/aromatic N) is 4. The van der Waals surface area contributed by atoms with E-state index in [-0.39, 0.29) is 6.10 Å². The van der Waals surface area contributed by atoms with Gasteiger partial charge in [0.25, 0.3) is 0 Å². The van der Waals surface area contributed by atoms with E-state index in [0.29, 0.717) is 0 Å². The van der Waals surface area contributed by atoms with Crippen LogP contribution < -0.4 is 4.90 Å². The third-order valence-electron chi connectivity index (χ3n) is 6.03. The summed E-state index contributed by atoms with van der Waals surface area (Å²) in [4.78, 5) is 14.9. The molecule has 2 aliphatic heterocycles. The fourth-order valence-corrected chi connectivity index (χ4v) is 5.46. The van der Waals surface area contributed by atoms with E-state index in [0.717, 1.165) is 57.5 Å². The lowest BCUT2D eigenvalue weighted by molar-refractivity contribution is 0.0694. The van der Waals surface area contributed by atoms with Crippen molar-refractivity contribution in [1.29, 1.82) is 0 Å². The second kappa shape index (κ2) is 9.81. The Morgan fingerprint density at radius 3 is 2.45 bits per heavy atom. The highest BCUT2D eigenvalue weighted by Crippen LogP contribution is 2.41. The highest BCUT2D eigenvalue weighted by molar-refractivity contribution is 7.98. The van der Waals surface area contributed by atoms with Crippen molar-refractivity contribution in [2.75, 3.05) is 44.2 Å². The van der Waals surface area contributed by atoms with Crippen molar-refractivity contribution in [2.45, 2.75) is 23.2 Å². The zero-order chi connectivity index (χ0) is 20.9. The predicted molar refractivity (Wildman–Crippen MR) is 126 cm³/mol. The molecule has 0 saturated carbocycles. The van der Waals surface area contributed by atoms with Crippen LogP contribution in [0.15, 0.2) is 71.9 Å². The number of hydrogen-bond donors (Lipinski definition) is 0. The number of piperazine rings is 1. The third-order valence-corrected chi connectivity index (χ3v) is 7.17. The van der Waals surface area contributed by atoms with E-state index < -0.39 is 0 Å². The van der Waals surface area contributed by atoms with Crippen LogP contribution in [0.3, 0.4) is 0 Å². The highest BCUT2D eigenvalue weighted by Gasteiger charge is 2.24. The Morgan fingerprint density at radius 2 is 1.61 bits per heavy atom. The first-order valence-electron chi connectivity index (χ1n) is 11.0. The molecule has 0 N–H and O–H groups in total. The lowest BCUT2D eigenvalue weighted by Crippen LogP contribution is -2.47. The summed E-state index contributed by atoms with van der Waals surface area (Å²) in [6.45, 7) is 5.87. The molecule has 160 valence electrons. The summed E-state index contributed by atoms with van der Waals surface area (Å²) < 4.78 is 6.53. The molecule has 0 radical (unpaired) electrons. The van der Waals surface area contributed by atoms with Crippen molar-refractivity contribution in [2.24, 2.45) is 0 Å². The normalized spacial score (nSPS) is 18.8. The summed E-state index contributed by atoms with van der Waals surface area (Å²) >= 11 is 1.91. The molecule has 1 aromatic heterocycles. The number of thioether (sulfide) groups is 1. The first-order valence-corrected chi connectivity index (χ1v) is 12.0. The van der Waals surface area contributed by atoms with Crippen LogP contribution >= 0.6 is 11.8 Å². The molecule has 1 unspecified atom stereocenters. The molecule has 31 heavy (non-hydrogen) atoms. The number of hydrogen-bond acceptors (Lipinski definition) is 6. The molecule has 1 atom stereocenters. The lowest BCUT2D eigenvalue weighted by Gasteiger charge is -2.34. The maximum atomic E-state index is 6.53. The zero-order valence-corrected chi connectivity index (χ0v) is 18.5. The van der Waals surface area contributed by atoms with Gasteiger partial charge in [-0.1, -0.05) is 42.5 Å². The van der Waals surface area contributed by atoms with Crippen molar-refractivity contribution in [3.63, 3.8) is 0 Å². The average molecular weight is 433 g/mol. The van der Waals surface area contributed by atoms with Crippen molar-refractivity contribution in [3.05, 3.63) is 83.7 Å². The smallest absolute Gasteiger partial charge is 0.225 e. The number of ether oxygens (including phenoxy) is 1. The molecule has 3 heterocycles. The van der Waals surface area contributed by atoms with Crippen LogP contribution in [0, 0.1) is 0 Å². The molecular weight excluding hydrogens is 404 g/mol. The Hall–Kier alpha value is -2.41. The van der Waals surface area contributed by atoms with Crippen LogP contribution in [0.1, 0.15) is 29.2 Å². The summed E-state index contributed by atoms with van der Waals surface area (Å²) in [6.07, 6.45) is 4.69. The Labute approximate surface area is 188 Å². The Morgan fingerprint density at radius 1 is 0.871 bits per heavy atom. The van der Waals surface area contributed by atoms with E-state index in [9.17, 15) is 0 Å². The number of fused-ring (bicyclic) bond motifs is 2. The van der Waals surface area contributed by atoms with Gasteiger partial charge in [0.15, 0.2) is 0 Å². The molecule has 1 saturated heterocycles. The van der Waals surface area contributed by atoms with E-state index in [2.05, 4.69) is 68.3 Å². The third kappa shape index (κ3) is 4.76. The zero-order valence-electron chi connectivity index (χ0n) is 17.7. The van der Waals surface area contributed by atoms with Gasteiger partial charge in [-0.25, -0.2) is 9.97 Å². The van der Waals surface area contributed by atoms with Gasteiger partial charge in [-0.05, 0) is 35.2 Å². The summed E-state index contributed by atoms with van der Waals surface area (Å²) in [6, 6.07) is 19.3. The van der Waals surface area contributed by atoms with Gasteiger partial charge in [0.05, 0.1) is 0 Å². The molecule has 1 fully saturated rings. The van der Waals surface area contributed by atoms with E-state index in [1.54, 1.807) is 0 Å². The Kier molecular flexibility index (Phi) is 6.48. The molecule has 0 aliphatic carbocycles. The van der Waals surface area contributed by atoms with Crippen LogP contribution in [-0.2, 0) is 10.5 Å². The molecule has 0 bridgehead atoms. The monoisotopic (exact) mass is 432 g/mol. The second-order valence-electron chi connectivity index (χ2n) is 8.01. The maximum Gasteiger partial charge on any atom is 0.225 e. The van der Waals surface area contributed by atoms with Gasteiger partial charge in [-0.2, -0.15) is 0 Å². The first-order chi connectivity index (χ1) is 15.4. The highest BCUT2D eigenvalue weighted by atomic mass is 32.2. The standard InChI is InChI=1S/C25H28N4OS/c1-2-8-21-20(7-1)19-31-23-10-4-3-9-22(23)24(21)30-18-6-13-28-14-16-29(17-15-28)25-26-11-5-12-27-25/h1-5,7-12,24H,6,13-19H2. The van der Waals surface area contributed by atoms with Crippen LogP contribution in [0.25, 0.3) is 0 Å². The number of anilines is 1. The van der Waals surface area contributed by atoms with Gasteiger partial charge in [0, 0.05) is 62.4 Å². The van der Waals surface area contributed by atoms with Gasteiger partial charge in [-0.15, -0.1) is 11.8 Å².